The maximum atomic E-state index is 5.85. The number of nitrogens with zero attached hydrogens (tertiary/aromatic N) is 2. The highest BCUT2D eigenvalue weighted by molar-refractivity contribution is 9.10. The highest BCUT2D eigenvalue weighted by Gasteiger charge is 2.12. The zero-order valence-corrected chi connectivity index (χ0v) is 8.75. The van der Waals surface area contributed by atoms with Crippen molar-refractivity contribution in [1.29, 1.82) is 0 Å². The Morgan fingerprint density at radius 1 is 1.33 bits per heavy atom. The summed E-state index contributed by atoms with van der Waals surface area (Å²) in [5.74, 6) is 1.07. The van der Waals surface area contributed by atoms with Crippen molar-refractivity contribution in [2.45, 2.75) is 19.9 Å². The number of hydrogen-bond acceptors (Lipinski definition) is 3. The molecule has 0 saturated carbocycles. The Morgan fingerprint density at radius 2 is 1.83 bits per heavy atom. The molecule has 0 spiro atoms. The first-order chi connectivity index (χ1) is 5.61. The highest BCUT2D eigenvalue weighted by atomic mass is 79.9. The first-order valence-corrected chi connectivity index (χ1v) is 4.63. The van der Waals surface area contributed by atoms with Crippen LogP contribution in [0.2, 0.25) is 0 Å². The summed E-state index contributed by atoms with van der Waals surface area (Å²) in [5, 5.41) is 0. The second kappa shape index (κ2) is 3.96. The van der Waals surface area contributed by atoms with E-state index in [4.69, 9.17) is 5.73 Å². The van der Waals surface area contributed by atoms with Crippen molar-refractivity contribution in [2.24, 2.45) is 11.7 Å². The van der Waals surface area contributed by atoms with Gasteiger partial charge in [-0.2, -0.15) is 0 Å². The maximum absolute atomic E-state index is 5.85. The van der Waals surface area contributed by atoms with Gasteiger partial charge >= 0.3 is 0 Å². The third kappa shape index (κ3) is 2.25. The van der Waals surface area contributed by atoms with Crippen LogP contribution in [0.1, 0.15) is 25.7 Å². The first-order valence-electron chi connectivity index (χ1n) is 3.84. The third-order valence-corrected chi connectivity index (χ3v) is 2.07. The predicted octanol–water partition coefficient (Wildman–Crippen LogP) is 1.89. The Labute approximate surface area is 80.5 Å². The van der Waals surface area contributed by atoms with E-state index in [2.05, 4.69) is 39.7 Å². The van der Waals surface area contributed by atoms with Crippen molar-refractivity contribution >= 4 is 15.9 Å². The summed E-state index contributed by atoms with van der Waals surface area (Å²) in [6.45, 7) is 4.10. The molecule has 0 fully saturated rings. The molecular formula is C8H12BrN3. The molecule has 1 atom stereocenters. The lowest BCUT2D eigenvalue weighted by Crippen LogP contribution is -2.19. The van der Waals surface area contributed by atoms with E-state index in [1.54, 1.807) is 12.4 Å². The van der Waals surface area contributed by atoms with Gasteiger partial charge in [0.05, 0.1) is 10.5 Å². The van der Waals surface area contributed by atoms with E-state index in [1.807, 2.05) is 0 Å². The lowest BCUT2D eigenvalue weighted by molar-refractivity contribution is 0.490. The molecule has 0 aliphatic carbocycles. The molecule has 1 unspecified atom stereocenters. The molecule has 2 N–H and O–H groups in total. The molecule has 0 aliphatic rings. The summed E-state index contributed by atoms with van der Waals surface area (Å²) in [5.41, 5.74) is 5.85. The van der Waals surface area contributed by atoms with Gasteiger partial charge in [-0.3, -0.25) is 0 Å². The molecule has 4 heteroatoms. The van der Waals surface area contributed by atoms with Gasteiger partial charge in [0.25, 0.3) is 0 Å². The van der Waals surface area contributed by atoms with Gasteiger partial charge in [0.15, 0.2) is 0 Å². The number of halogens is 1. The molecule has 0 aromatic carbocycles. The monoisotopic (exact) mass is 229 g/mol. The van der Waals surface area contributed by atoms with E-state index in [0.717, 1.165) is 4.47 Å². The van der Waals surface area contributed by atoms with Crippen molar-refractivity contribution in [1.82, 2.24) is 9.97 Å². The van der Waals surface area contributed by atoms with Crippen LogP contribution in [0.15, 0.2) is 16.9 Å². The van der Waals surface area contributed by atoms with Crippen LogP contribution in [0, 0.1) is 5.92 Å². The van der Waals surface area contributed by atoms with Gasteiger partial charge in [-0.25, -0.2) is 9.97 Å². The first kappa shape index (κ1) is 9.61. The highest BCUT2D eigenvalue weighted by Crippen LogP contribution is 2.15. The lowest BCUT2D eigenvalue weighted by Gasteiger charge is -2.12. The maximum Gasteiger partial charge on any atom is 0.145 e. The van der Waals surface area contributed by atoms with Crippen molar-refractivity contribution in [2.75, 3.05) is 0 Å². The van der Waals surface area contributed by atoms with Crippen molar-refractivity contribution in [3.8, 4) is 0 Å². The quantitative estimate of drug-likeness (QED) is 0.843. The average Bonchev–Trinajstić information content (AvgIpc) is 2.04. The Bertz CT molecular complexity index is 245. The second-order valence-electron chi connectivity index (χ2n) is 3.03. The molecule has 1 rings (SSSR count). The van der Waals surface area contributed by atoms with Crippen molar-refractivity contribution in [3.63, 3.8) is 0 Å². The summed E-state index contributed by atoms with van der Waals surface area (Å²) >= 11 is 3.27. The predicted molar refractivity (Wildman–Crippen MR) is 51.5 cm³/mol. The van der Waals surface area contributed by atoms with Crippen LogP contribution >= 0.6 is 15.9 Å². The second-order valence-corrected chi connectivity index (χ2v) is 3.94. The SMILES string of the molecule is CC(C)C(N)c1ncc(Br)cn1. The third-order valence-electron chi connectivity index (χ3n) is 1.66. The minimum Gasteiger partial charge on any atom is -0.321 e. The summed E-state index contributed by atoms with van der Waals surface area (Å²) in [7, 11) is 0. The van der Waals surface area contributed by atoms with Gasteiger partial charge in [-0.15, -0.1) is 0 Å². The Hall–Kier alpha value is -0.480. The van der Waals surface area contributed by atoms with Crippen LogP contribution in [-0.4, -0.2) is 9.97 Å². The number of rotatable bonds is 2. The number of nitrogens with two attached hydrogens (primary N) is 1. The fraction of sp³-hybridized carbons (Fsp3) is 0.500. The molecular weight excluding hydrogens is 218 g/mol. The summed E-state index contributed by atoms with van der Waals surface area (Å²) in [4.78, 5) is 8.23. The van der Waals surface area contributed by atoms with Crippen LogP contribution in [0.25, 0.3) is 0 Å². The Kier molecular flexibility index (Phi) is 3.17. The molecule has 66 valence electrons. The van der Waals surface area contributed by atoms with Gasteiger partial charge < -0.3 is 5.73 Å². The average molecular weight is 230 g/mol. The molecule has 1 aromatic rings. The van der Waals surface area contributed by atoms with Gasteiger partial charge in [-0.1, -0.05) is 13.8 Å². The van der Waals surface area contributed by atoms with Crippen LogP contribution in [0.3, 0.4) is 0 Å². The van der Waals surface area contributed by atoms with Gasteiger partial charge in [0.1, 0.15) is 5.82 Å². The van der Waals surface area contributed by atoms with Crippen molar-refractivity contribution in [3.05, 3.63) is 22.7 Å². The largest absolute Gasteiger partial charge is 0.321 e. The van der Waals surface area contributed by atoms with Gasteiger partial charge in [0, 0.05) is 12.4 Å². The fourth-order valence-electron chi connectivity index (χ4n) is 0.793. The van der Waals surface area contributed by atoms with Gasteiger partial charge in [-0.05, 0) is 21.8 Å². The van der Waals surface area contributed by atoms with E-state index in [-0.39, 0.29) is 6.04 Å². The van der Waals surface area contributed by atoms with Crippen LogP contribution in [0.5, 0.6) is 0 Å². The smallest absolute Gasteiger partial charge is 0.145 e. The summed E-state index contributed by atoms with van der Waals surface area (Å²) in [6, 6.07) is -0.0712. The minimum absolute atomic E-state index is 0.0712. The summed E-state index contributed by atoms with van der Waals surface area (Å²) in [6.07, 6.45) is 3.43. The van der Waals surface area contributed by atoms with Crippen LogP contribution in [-0.2, 0) is 0 Å². The van der Waals surface area contributed by atoms with E-state index < -0.39 is 0 Å². The molecule has 0 aliphatic heterocycles. The van der Waals surface area contributed by atoms with Crippen molar-refractivity contribution < 1.29 is 0 Å². The van der Waals surface area contributed by atoms with E-state index >= 15 is 0 Å². The topological polar surface area (TPSA) is 51.8 Å². The molecule has 3 nitrogen and oxygen atoms in total. The van der Waals surface area contributed by atoms with E-state index in [0.29, 0.717) is 11.7 Å². The molecule has 0 amide bonds. The fourth-order valence-corrected chi connectivity index (χ4v) is 0.997. The molecule has 0 radical (unpaired) electrons. The number of hydrogen-bond donors (Lipinski definition) is 1. The Morgan fingerprint density at radius 3 is 2.25 bits per heavy atom. The number of aromatic nitrogens is 2. The van der Waals surface area contributed by atoms with Gasteiger partial charge in [0.2, 0.25) is 0 Å². The standard InChI is InChI=1S/C8H12BrN3/c1-5(2)7(10)8-11-3-6(9)4-12-8/h3-5,7H,10H2,1-2H3. The lowest BCUT2D eigenvalue weighted by atomic mass is 10.1. The minimum atomic E-state index is -0.0712. The molecule has 0 bridgehead atoms. The van der Waals surface area contributed by atoms with E-state index in [1.165, 1.54) is 0 Å². The van der Waals surface area contributed by atoms with Crippen LogP contribution < -0.4 is 5.73 Å². The Balaban J connectivity index is 2.82. The molecule has 1 aromatic heterocycles. The molecule has 0 saturated heterocycles. The summed E-state index contributed by atoms with van der Waals surface area (Å²) < 4.78 is 0.877. The normalized spacial score (nSPS) is 13.4. The zero-order chi connectivity index (χ0) is 9.14. The zero-order valence-electron chi connectivity index (χ0n) is 7.16. The van der Waals surface area contributed by atoms with Crippen LogP contribution in [0.4, 0.5) is 0 Å². The van der Waals surface area contributed by atoms with E-state index in [9.17, 15) is 0 Å². The molecule has 1 heterocycles. The molecule has 12 heavy (non-hydrogen) atoms.